The third-order valence-electron chi connectivity index (χ3n) is 5.58. The number of sulfonamides is 1. The molecule has 3 heterocycles. The molecule has 13 nitrogen and oxygen atoms in total. The van der Waals surface area contributed by atoms with Crippen LogP contribution in [0.25, 0.3) is 11.2 Å². The quantitative estimate of drug-likeness (QED) is 0.466. The highest BCUT2D eigenvalue weighted by Crippen LogP contribution is 2.29. The van der Waals surface area contributed by atoms with Gasteiger partial charge in [0.1, 0.15) is 12.3 Å². The molecule has 0 spiro atoms. The molecule has 4 rings (SSSR count). The number of aryl methyl sites for hydroxylation is 1. The Kier molecular flexibility index (Phi) is 6.29. The molecular formula is C20H24N6O7S. The van der Waals surface area contributed by atoms with Gasteiger partial charge in [-0.3, -0.25) is 18.7 Å². The van der Waals surface area contributed by atoms with Gasteiger partial charge in [-0.25, -0.2) is 18.2 Å². The fraction of sp³-hybridized carbons (Fsp3) is 0.400. The van der Waals surface area contributed by atoms with E-state index in [1.165, 1.54) is 59.2 Å². The van der Waals surface area contributed by atoms with E-state index in [1.54, 1.807) is 0 Å². The maximum Gasteiger partial charge on any atom is 0.332 e. The summed E-state index contributed by atoms with van der Waals surface area (Å²) < 4.78 is 41.3. The Balaban J connectivity index is 1.63. The largest absolute Gasteiger partial charge is 0.495 e. The molecule has 182 valence electrons. The average Bonchev–Trinajstić information content (AvgIpc) is 3.25. The van der Waals surface area contributed by atoms with Crippen LogP contribution in [0.15, 0.2) is 39.0 Å². The van der Waals surface area contributed by atoms with Gasteiger partial charge in [-0.05, 0) is 18.2 Å². The van der Waals surface area contributed by atoms with Crippen LogP contribution in [0.4, 0.5) is 5.69 Å². The summed E-state index contributed by atoms with van der Waals surface area (Å²) >= 11 is 0. The number of morpholine rings is 1. The van der Waals surface area contributed by atoms with Crippen molar-refractivity contribution in [1.82, 2.24) is 23.0 Å². The SMILES string of the molecule is COc1ccc(S(=O)(=O)N2CCOCC2)cc1NC(=O)Cn1cnc2c1c(=O)n(C)c(=O)n2C. The Hall–Kier alpha value is -3.49. The maximum absolute atomic E-state index is 13.0. The highest BCUT2D eigenvalue weighted by molar-refractivity contribution is 7.89. The lowest BCUT2D eigenvalue weighted by molar-refractivity contribution is -0.116. The molecule has 2 aromatic heterocycles. The van der Waals surface area contributed by atoms with E-state index >= 15 is 0 Å². The number of rotatable bonds is 6. The molecule has 1 N–H and O–H groups in total. The fourth-order valence-electron chi connectivity index (χ4n) is 3.74. The first-order valence-corrected chi connectivity index (χ1v) is 11.8. The van der Waals surface area contributed by atoms with Crippen molar-refractivity contribution in [2.24, 2.45) is 14.1 Å². The lowest BCUT2D eigenvalue weighted by atomic mass is 10.3. The molecule has 0 bridgehead atoms. The number of ether oxygens (including phenoxy) is 2. The van der Waals surface area contributed by atoms with E-state index in [0.29, 0.717) is 13.2 Å². The van der Waals surface area contributed by atoms with Crippen LogP contribution in [0.3, 0.4) is 0 Å². The molecular weight excluding hydrogens is 468 g/mol. The van der Waals surface area contributed by atoms with Crippen molar-refractivity contribution in [3.05, 3.63) is 45.4 Å². The Morgan fingerprint density at radius 3 is 2.56 bits per heavy atom. The van der Waals surface area contributed by atoms with Crippen molar-refractivity contribution in [3.8, 4) is 5.75 Å². The second-order valence-electron chi connectivity index (χ2n) is 7.68. The number of fused-ring (bicyclic) bond motifs is 1. The van der Waals surface area contributed by atoms with Gasteiger partial charge in [0.2, 0.25) is 15.9 Å². The number of carbonyl (C=O) groups excluding carboxylic acids is 1. The summed E-state index contributed by atoms with van der Waals surface area (Å²) in [5, 5.41) is 2.64. The summed E-state index contributed by atoms with van der Waals surface area (Å²) in [6.45, 7) is 0.793. The minimum atomic E-state index is -3.79. The number of methoxy groups -OCH3 is 1. The molecule has 0 atom stereocenters. The van der Waals surface area contributed by atoms with Gasteiger partial charge in [0.05, 0.1) is 37.2 Å². The Morgan fingerprint density at radius 2 is 1.88 bits per heavy atom. The minimum absolute atomic E-state index is 0.00227. The van der Waals surface area contributed by atoms with Gasteiger partial charge in [0.15, 0.2) is 11.2 Å². The van der Waals surface area contributed by atoms with Gasteiger partial charge in [0.25, 0.3) is 5.56 Å². The molecule has 0 saturated carbocycles. The lowest BCUT2D eigenvalue weighted by Crippen LogP contribution is -2.40. The van der Waals surface area contributed by atoms with Gasteiger partial charge in [-0.15, -0.1) is 0 Å². The summed E-state index contributed by atoms with van der Waals surface area (Å²) in [7, 11) is 0.428. The van der Waals surface area contributed by atoms with E-state index in [-0.39, 0.29) is 47.1 Å². The minimum Gasteiger partial charge on any atom is -0.495 e. The van der Waals surface area contributed by atoms with Crippen molar-refractivity contribution in [2.75, 3.05) is 38.7 Å². The highest BCUT2D eigenvalue weighted by Gasteiger charge is 2.27. The molecule has 34 heavy (non-hydrogen) atoms. The second kappa shape index (κ2) is 9.04. The van der Waals surface area contributed by atoms with Crippen molar-refractivity contribution in [1.29, 1.82) is 0 Å². The predicted molar refractivity (Wildman–Crippen MR) is 121 cm³/mol. The first-order valence-electron chi connectivity index (χ1n) is 10.3. The van der Waals surface area contributed by atoms with Crippen LogP contribution in [0.2, 0.25) is 0 Å². The summed E-state index contributed by atoms with van der Waals surface area (Å²) in [6, 6.07) is 4.20. The van der Waals surface area contributed by atoms with Crippen LogP contribution in [0.5, 0.6) is 5.75 Å². The van der Waals surface area contributed by atoms with Crippen LogP contribution in [-0.2, 0) is 40.2 Å². The number of nitrogens with zero attached hydrogens (tertiary/aromatic N) is 5. The number of amides is 1. The first kappa shape index (κ1) is 23.7. The number of aromatic nitrogens is 4. The topological polar surface area (TPSA) is 147 Å². The van der Waals surface area contributed by atoms with Gasteiger partial charge >= 0.3 is 5.69 Å². The van der Waals surface area contributed by atoms with Crippen molar-refractivity contribution >= 4 is 32.8 Å². The van der Waals surface area contributed by atoms with Crippen LogP contribution < -0.4 is 21.3 Å². The Bertz CT molecular complexity index is 1480. The average molecular weight is 493 g/mol. The smallest absolute Gasteiger partial charge is 0.332 e. The Morgan fingerprint density at radius 1 is 1.18 bits per heavy atom. The molecule has 0 aliphatic carbocycles. The second-order valence-corrected chi connectivity index (χ2v) is 9.62. The summed E-state index contributed by atoms with van der Waals surface area (Å²) in [6.07, 6.45) is 1.29. The fourth-order valence-corrected chi connectivity index (χ4v) is 5.18. The third-order valence-corrected chi connectivity index (χ3v) is 7.48. The zero-order valence-electron chi connectivity index (χ0n) is 18.8. The normalized spacial score (nSPS) is 14.9. The number of anilines is 1. The summed E-state index contributed by atoms with van der Waals surface area (Å²) in [5.74, 6) is -0.280. The van der Waals surface area contributed by atoms with Crippen molar-refractivity contribution < 1.29 is 22.7 Å². The molecule has 14 heteroatoms. The van der Waals surface area contributed by atoms with E-state index < -0.39 is 27.2 Å². The van der Waals surface area contributed by atoms with E-state index in [0.717, 1.165) is 4.57 Å². The van der Waals surface area contributed by atoms with Crippen LogP contribution in [-0.4, -0.2) is 70.7 Å². The van der Waals surface area contributed by atoms with Gasteiger partial charge < -0.3 is 19.4 Å². The standard InChI is InChI=1S/C20H24N6O7S/c1-23-18-17(19(28)24(2)20(23)29)25(12-21-18)11-16(27)22-14-10-13(4-5-15(14)32-3)34(30,31)26-6-8-33-9-7-26/h4-5,10,12H,6-9,11H2,1-3H3,(H,22,27). The number of carbonyl (C=O) groups is 1. The maximum atomic E-state index is 13.0. The molecule has 1 aromatic carbocycles. The van der Waals surface area contributed by atoms with E-state index in [4.69, 9.17) is 9.47 Å². The predicted octanol–water partition coefficient (Wildman–Crippen LogP) is -0.898. The molecule has 0 unspecified atom stereocenters. The molecule has 0 radical (unpaired) electrons. The molecule has 1 amide bonds. The molecule has 1 aliphatic heterocycles. The van der Waals surface area contributed by atoms with Crippen molar-refractivity contribution in [2.45, 2.75) is 11.4 Å². The zero-order valence-corrected chi connectivity index (χ0v) is 19.7. The highest BCUT2D eigenvalue weighted by atomic mass is 32.2. The summed E-state index contributed by atoms with van der Waals surface area (Å²) in [5.41, 5.74) is -0.714. The van der Waals surface area contributed by atoms with Crippen LogP contribution in [0.1, 0.15) is 0 Å². The number of hydrogen-bond donors (Lipinski definition) is 1. The van der Waals surface area contributed by atoms with E-state index in [1.807, 2.05) is 0 Å². The van der Waals surface area contributed by atoms with E-state index in [2.05, 4.69) is 10.3 Å². The van der Waals surface area contributed by atoms with Crippen molar-refractivity contribution in [3.63, 3.8) is 0 Å². The molecule has 3 aromatic rings. The number of nitrogens with one attached hydrogen (secondary N) is 1. The number of hydrogen-bond acceptors (Lipinski definition) is 8. The third kappa shape index (κ3) is 4.10. The van der Waals surface area contributed by atoms with Gasteiger partial charge in [-0.1, -0.05) is 0 Å². The van der Waals surface area contributed by atoms with E-state index in [9.17, 15) is 22.8 Å². The van der Waals surface area contributed by atoms with Crippen LogP contribution in [0, 0.1) is 0 Å². The summed E-state index contributed by atoms with van der Waals surface area (Å²) in [4.78, 5) is 41.6. The Labute approximate surface area is 194 Å². The van der Waals surface area contributed by atoms with Gasteiger partial charge in [-0.2, -0.15) is 4.31 Å². The lowest BCUT2D eigenvalue weighted by Gasteiger charge is -2.26. The zero-order chi connectivity index (χ0) is 24.6. The number of imidazole rings is 1. The number of benzene rings is 1. The molecule has 1 fully saturated rings. The molecule has 1 aliphatic rings. The van der Waals surface area contributed by atoms with Gasteiger partial charge in [0, 0.05) is 27.2 Å². The molecule has 1 saturated heterocycles. The van der Waals surface area contributed by atoms with Crippen LogP contribution >= 0.6 is 0 Å². The first-order chi connectivity index (χ1) is 16.1. The monoisotopic (exact) mass is 492 g/mol.